The Kier molecular flexibility index (Phi) is 4.61. The molecule has 3 rings (SSSR count). The molecule has 0 fully saturated rings. The third kappa shape index (κ3) is 3.91. The van der Waals surface area contributed by atoms with Gasteiger partial charge in [0.2, 0.25) is 10.0 Å². The minimum absolute atomic E-state index is 0.113. The van der Waals surface area contributed by atoms with E-state index in [1.54, 1.807) is 30.6 Å². The minimum Gasteiger partial charge on any atom is -0.265 e. The SMILES string of the molecule is N#Cc1ccc(-c2ccc(S(N)(=O)=O)c(Cc3ccncc3)c2)cc1. The van der Waals surface area contributed by atoms with Crippen molar-refractivity contribution >= 4 is 10.0 Å². The highest BCUT2D eigenvalue weighted by molar-refractivity contribution is 7.89. The lowest BCUT2D eigenvalue weighted by atomic mass is 9.99. The average Bonchev–Trinajstić information content (AvgIpc) is 2.62. The summed E-state index contributed by atoms with van der Waals surface area (Å²) < 4.78 is 23.8. The molecule has 6 heteroatoms. The van der Waals surface area contributed by atoms with Gasteiger partial charge in [0, 0.05) is 12.4 Å². The molecule has 0 aliphatic rings. The van der Waals surface area contributed by atoms with Crippen LogP contribution >= 0.6 is 0 Å². The largest absolute Gasteiger partial charge is 0.265 e. The Bertz CT molecular complexity index is 1040. The maximum atomic E-state index is 11.9. The van der Waals surface area contributed by atoms with Gasteiger partial charge in [0.05, 0.1) is 16.5 Å². The molecule has 5 nitrogen and oxygen atoms in total. The second-order valence-corrected chi connectivity index (χ2v) is 7.12. The Balaban J connectivity index is 2.07. The van der Waals surface area contributed by atoms with E-state index in [1.807, 2.05) is 30.3 Å². The van der Waals surface area contributed by atoms with E-state index in [4.69, 9.17) is 10.4 Å². The van der Waals surface area contributed by atoms with Crippen LogP contribution in [0.4, 0.5) is 0 Å². The van der Waals surface area contributed by atoms with Gasteiger partial charge < -0.3 is 0 Å². The normalized spacial score (nSPS) is 11.0. The second kappa shape index (κ2) is 6.85. The van der Waals surface area contributed by atoms with Crippen LogP contribution in [0.3, 0.4) is 0 Å². The predicted octanol–water partition coefficient (Wildman–Crippen LogP) is 2.86. The van der Waals surface area contributed by atoms with Crippen molar-refractivity contribution in [2.45, 2.75) is 11.3 Å². The number of rotatable bonds is 4. The summed E-state index contributed by atoms with van der Waals surface area (Å²) in [5, 5.41) is 14.3. The molecule has 0 aliphatic carbocycles. The zero-order chi connectivity index (χ0) is 17.9. The Hall–Kier alpha value is -3.01. The topological polar surface area (TPSA) is 96.8 Å². The number of sulfonamides is 1. The third-order valence-corrected chi connectivity index (χ3v) is 4.87. The molecular weight excluding hydrogens is 334 g/mol. The van der Waals surface area contributed by atoms with E-state index in [2.05, 4.69) is 11.1 Å². The number of nitrogens with zero attached hydrogens (tertiary/aromatic N) is 2. The van der Waals surface area contributed by atoms with Crippen LogP contribution in [0, 0.1) is 11.3 Å². The molecule has 124 valence electrons. The van der Waals surface area contributed by atoms with Gasteiger partial charge in [-0.2, -0.15) is 5.26 Å². The molecule has 0 spiro atoms. The van der Waals surface area contributed by atoms with Crippen LogP contribution in [0.1, 0.15) is 16.7 Å². The first-order chi connectivity index (χ1) is 12.0. The highest BCUT2D eigenvalue weighted by Gasteiger charge is 2.15. The van der Waals surface area contributed by atoms with Crippen molar-refractivity contribution in [1.82, 2.24) is 4.98 Å². The van der Waals surface area contributed by atoms with E-state index in [0.717, 1.165) is 16.7 Å². The monoisotopic (exact) mass is 349 g/mol. The molecular formula is C19H15N3O2S. The lowest BCUT2D eigenvalue weighted by Crippen LogP contribution is -2.14. The molecule has 0 radical (unpaired) electrons. The highest BCUT2D eigenvalue weighted by Crippen LogP contribution is 2.26. The lowest BCUT2D eigenvalue weighted by Gasteiger charge is -2.11. The second-order valence-electron chi connectivity index (χ2n) is 5.59. The fourth-order valence-electron chi connectivity index (χ4n) is 2.63. The van der Waals surface area contributed by atoms with Crippen LogP contribution in [-0.4, -0.2) is 13.4 Å². The summed E-state index contributed by atoms with van der Waals surface area (Å²) >= 11 is 0. The number of benzene rings is 2. The number of aromatic nitrogens is 1. The van der Waals surface area contributed by atoms with Gasteiger partial charge in [0.1, 0.15) is 0 Å². The fourth-order valence-corrected chi connectivity index (χ4v) is 3.39. The molecule has 2 aromatic carbocycles. The number of pyridine rings is 1. The maximum Gasteiger partial charge on any atom is 0.238 e. The van der Waals surface area contributed by atoms with E-state index in [9.17, 15) is 8.42 Å². The Morgan fingerprint density at radius 1 is 0.960 bits per heavy atom. The van der Waals surface area contributed by atoms with E-state index in [-0.39, 0.29) is 4.90 Å². The molecule has 0 unspecified atom stereocenters. The molecule has 0 aliphatic heterocycles. The number of primary sulfonamides is 1. The molecule has 2 N–H and O–H groups in total. The van der Waals surface area contributed by atoms with Gasteiger partial charge in [-0.3, -0.25) is 4.98 Å². The minimum atomic E-state index is -3.82. The summed E-state index contributed by atoms with van der Waals surface area (Å²) in [4.78, 5) is 4.08. The average molecular weight is 349 g/mol. The van der Waals surface area contributed by atoms with E-state index >= 15 is 0 Å². The van der Waals surface area contributed by atoms with E-state index in [1.165, 1.54) is 6.07 Å². The Labute approximate surface area is 146 Å². The summed E-state index contributed by atoms with van der Waals surface area (Å²) in [7, 11) is -3.82. The summed E-state index contributed by atoms with van der Waals surface area (Å²) in [6.45, 7) is 0. The highest BCUT2D eigenvalue weighted by atomic mass is 32.2. The summed E-state index contributed by atoms with van der Waals surface area (Å²) in [6, 6.07) is 17.9. The summed E-state index contributed by atoms with van der Waals surface area (Å²) in [5.41, 5.74) is 3.89. The van der Waals surface area contributed by atoms with Crippen LogP contribution in [-0.2, 0) is 16.4 Å². The van der Waals surface area contributed by atoms with Gasteiger partial charge in [-0.15, -0.1) is 0 Å². The van der Waals surface area contributed by atoms with Gasteiger partial charge in [-0.25, -0.2) is 13.6 Å². The first-order valence-electron chi connectivity index (χ1n) is 7.52. The van der Waals surface area contributed by atoms with E-state index < -0.39 is 10.0 Å². The Morgan fingerprint density at radius 2 is 1.60 bits per heavy atom. The Morgan fingerprint density at radius 3 is 2.20 bits per heavy atom. The molecule has 0 atom stereocenters. The smallest absolute Gasteiger partial charge is 0.238 e. The molecule has 1 heterocycles. The van der Waals surface area contributed by atoms with Gasteiger partial charge >= 0.3 is 0 Å². The van der Waals surface area contributed by atoms with Crippen molar-refractivity contribution in [3.05, 3.63) is 83.7 Å². The summed E-state index contributed by atoms with van der Waals surface area (Å²) in [5.74, 6) is 0. The van der Waals surface area contributed by atoms with Crippen LogP contribution in [0.25, 0.3) is 11.1 Å². The van der Waals surface area contributed by atoms with Crippen molar-refractivity contribution in [1.29, 1.82) is 5.26 Å². The predicted molar refractivity (Wildman–Crippen MR) is 95.0 cm³/mol. The summed E-state index contributed by atoms with van der Waals surface area (Å²) in [6.07, 6.45) is 3.76. The molecule has 0 bridgehead atoms. The quantitative estimate of drug-likeness (QED) is 0.783. The first-order valence-corrected chi connectivity index (χ1v) is 9.07. The lowest BCUT2D eigenvalue weighted by molar-refractivity contribution is 0.597. The van der Waals surface area contributed by atoms with Crippen LogP contribution in [0.5, 0.6) is 0 Å². The fraction of sp³-hybridized carbons (Fsp3) is 0.0526. The first kappa shape index (κ1) is 16.8. The van der Waals surface area contributed by atoms with Gasteiger partial charge in [0.15, 0.2) is 0 Å². The zero-order valence-corrected chi connectivity index (χ0v) is 14.1. The van der Waals surface area contributed by atoms with Crippen molar-refractivity contribution in [2.24, 2.45) is 5.14 Å². The van der Waals surface area contributed by atoms with E-state index in [0.29, 0.717) is 17.5 Å². The van der Waals surface area contributed by atoms with Crippen molar-refractivity contribution in [2.75, 3.05) is 0 Å². The van der Waals surface area contributed by atoms with Crippen LogP contribution in [0.2, 0.25) is 0 Å². The van der Waals surface area contributed by atoms with Crippen molar-refractivity contribution in [3.63, 3.8) is 0 Å². The third-order valence-electron chi connectivity index (χ3n) is 3.86. The van der Waals surface area contributed by atoms with Crippen LogP contribution in [0.15, 0.2) is 71.9 Å². The van der Waals surface area contributed by atoms with Crippen molar-refractivity contribution < 1.29 is 8.42 Å². The molecule has 0 amide bonds. The molecule has 1 aromatic heterocycles. The standard InChI is InChI=1S/C19H15N3O2S/c20-13-15-1-3-16(4-2-15)17-5-6-19(25(21,23)24)18(12-17)11-14-7-9-22-10-8-14/h1-10,12H,11H2,(H2,21,23,24). The number of hydrogen-bond acceptors (Lipinski definition) is 4. The molecule has 25 heavy (non-hydrogen) atoms. The van der Waals surface area contributed by atoms with Crippen molar-refractivity contribution in [3.8, 4) is 17.2 Å². The van der Waals surface area contributed by atoms with Crippen LogP contribution < -0.4 is 5.14 Å². The maximum absolute atomic E-state index is 11.9. The molecule has 0 saturated carbocycles. The number of nitrogens with two attached hydrogens (primary N) is 1. The zero-order valence-electron chi connectivity index (χ0n) is 13.3. The number of hydrogen-bond donors (Lipinski definition) is 1. The van der Waals surface area contributed by atoms with Gasteiger partial charge in [-0.1, -0.05) is 18.2 Å². The number of nitriles is 1. The molecule has 0 saturated heterocycles. The van der Waals surface area contributed by atoms with Gasteiger partial charge in [-0.05, 0) is 65.1 Å². The molecule has 3 aromatic rings. The van der Waals surface area contributed by atoms with Gasteiger partial charge in [0.25, 0.3) is 0 Å².